The largest absolute Gasteiger partial charge is 0.452 e. The number of nitrogens with one attached hydrogen (secondary N) is 1. The Balaban J connectivity index is 1.85. The van der Waals surface area contributed by atoms with E-state index in [1.165, 1.54) is 14.1 Å². The zero-order valence-electron chi connectivity index (χ0n) is 14.0. The topological polar surface area (TPSA) is 142 Å². The van der Waals surface area contributed by atoms with Crippen LogP contribution in [0.25, 0.3) is 10.9 Å². The summed E-state index contributed by atoms with van der Waals surface area (Å²) in [5.41, 5.74) is 4.44. The number of aromatic amines is 1. The molecule has 1 aromatic carbocycles. The summed E-state index contributed by atoms with van der Waals surface area (Å²) < 4.78 is 6.70. The average Bonchev–Trinajstić information content (AvgIpc) is 3.07. The molecule has 3 N–H and O–H groups in total. The molecular weight excluding hydrogens is 342 g/mol. The molecule has 0 aliphatic heterocycles. The van der Waals surface area contributed by atoms with Crippen LogP contribution in [0, 0.1) is 0 Å². The number of H-pyrrole nitrogens is 1. The van der Waals surface area contributed by atoms with E-state index in [0.29, 0.717) is 10.9 Å². The number of aromatic nitrogens is 4. The molecule has 3 aromatic rings. The molecule has 0 spiro atoms. The van der Waals surface area contributed by atoms with Crippen LogP contribution < -0.4 is 17.0 Å². The molecule has 26 heavy (non-hydrogen) atoms. The van der Waals surface area contributed by atoms with Gasteiger partial charge in [0.1, 0.15) is 11.4 Å². The van der Waals surface area contributed by atoms with Gasteiger partial charge in [0.05, 0.1) is 5.52 Å². The normalized spacial score (nSPS) is 10.8. The molecule has 0 amide bonds. The van der Waals surface area contributed by atoms with Crippen molar-refractivity contribution in [3.05, 3.63) is 56.4 Å². The number of carbonyl (C=O) groups is 2. The van der Waals surface area contributed by atoms with E-state index in [4.69, 9.17) is 10.5 Å². The molecule has 3 rings (SSSR count). The molecule has 0 aliphatic carbocycles. The Hall–Kier alpha value is -3.69. The lowest BCUT2D eigenvalue weighted by Crippen LogP contribution is -2.42. The predicted molar refractivity (Wildman–Crippen MR) is 92.0 cm³/mol. The Morgan fingerprint density at radius 2 is 1.88 bits per heavy atom. The highest BCUT2D eigenvalue weighted by molar-refractivity contribution is 6.05. The Labute approximate surface area is 145 Å². The van der Waals surface area contributed by atoms with Gasteiger partial charge in [-0.3, -0.25) is 23.8 Å². The van der Waals surface area contributed by atoms with Gasteiger partial charge >= 0.3 is 11.7 Å². The van der Waals surface area contributed by atoms with Crippen LogP contribution in [0.5, 0.6) is 0 Å². The molecule has 134 valence electrons. The standard InChI is InChI=1S/C16H15N5O5/c1-20-13(17)11(14(23)21(2)16(20)25)10(22)7-26-15(24)12-8-5-3-4-6-9(8)18-19-12/h3-6H,7,17H2,1-2H3,(H,18,19). The Bertz CT molecular complexity index is 1150. The second kappa shape index (κ2) is 6.31. The van der Waals surface area contributed by atoms with E-state index in [2.05, 4.69) is 10.2 Å². The molecule has 10 nitrogen and oxygen atoms in total. The Morgan fingerprint density at radius 1 is 1.19 bits per heavy atom. The lowest BCUT2D eigenvalue weighted by atomic mass is 10.2. The van der Waals surface area contributed by atoms with E-state index in [1.807, 2.05) is 0 Å². The van der Waals surface area contributed by atoms with Gasteiger partial charge < -0.3 is 10.5 Å². The fourth-order valence-corrected chi connectivity index (χ4v) is 2.51. The zero-order valence-corrected chi connectivity index (χ0v) is 14.0. The highest BCUT2D eigenvalue weighted by Gasteiger charge is 2.23. The van der Waals surface area contributed by atoms with Gasteiger partial charge in [-0.2, -0.15) is 5.10 Å². The summed E-state index contributed by atoms with van der Waals surface area (Å²) in [5.74, 6) is -1.92. The van der Waals surface area contributed by atoms with Crippen LogP contribution >= 0.6 is 0 Å². The van der Waals surface area contributed by atoms with Crippen LogP contribution in [0.15, 0.2) is 33.9 Å². The summed E-state index contributed by atoms with van der Waals surface area (Å²) in [5, 5.41) is 7.10. The molecule has 0 bridgehead atoms. The first-order valence-electron chi connectivity index (χ1n) is 7.51. The van der Waals surface area contributed by atoms with Crippen molar-refractivity contribution in [1.82, 2.24) is 19.3 Å². The van der Waals surface area contributed by atoms with E-state index >= 15 is 0 Å². The monoisotopic (exact) mass is 357 g/mol. The summed E-state index contributed by atoms with van der Waals surface area (Å²) in [6.45, 7) is -0.711. The predicted octanol–water partition coefficient (Wildman–Crippen LogP) is -0.418. The maximum atomic E-state index is 12.3. The number of nitrogens with two attached hydrogens (primary N) is 1. The fraction of sp³-hybridized carbons (Fsp3) is 0.188. The van der Waals surface area contributed by atoms with Crippen LogP contribution in [0.1, 0.15) is 20.8 Å². The van der Waals surface area contributed by atoms with Gasteiger partial charge in [0.15, 0.2) is 12.3 Å². The third-order valence-corrected chi connectivity index (χ3v) is 3.99. The van der Waals surface area contributed by atoms with E-state index < -0.39 is 35.2 Å². The van der Waals surface area contributed by atoms with Gasteiger partial charge in [-0.15, -0.1) is 0 Å². The maximum Gasteiger partial charge on any atom is 0.359 e. The Kier molecular flexibility index (Phi) is 4.16. The van der Waals surface area contributed by atoms with Crippen molar-refractivity contribution in [2.75, 3.05) is 12.3 Å². The number of nitrogens with zero attached hydrogens (tertiary/aromatic N) is 3. The van der Waals surface area contributed by atoms with Crippen molar-refractivity contribution in [3.8, 4) is 0 Å². The van der Waals surface area contributed by atoms with Crippen LogP contribution in [0.3, 0.4) is 0 Å². The van der Waals surface area contributed by atoms with Crippen molar-refractivity contribution in [2.24, 2.45) is 14.1 Å². The van der Waals surface area contributed by atoms with Crippen molar-refractivity contribution in [2.45, 2.75) is 0 Å². The summed E-state index contributed by atoms with van der Waals surface area (Å²) in [6.07, 6.45) is 0. The van der Waals surface area contributed by atoms with Gasteiger partial charge in [-0.05, 0) is 6.07 Å². The van der Waals surface area contributed by atoms with Crippen molar-refractivity contribution in [1.29, 1.82) is 0 Å². The van der Waals surface area contributed by atoms with E-state index in [9.17, 15) is 19.2 Å². The molecule has 2 aromatic heterocycles. The lowest BCUT2D eigenvalue weighted by Gasteiger charge is -2.10. The van der Waals surface area contributed by atoms with Gasteiger partial charge in [-0.25, -0.2) is 9.59 Å². The number of nitrogen functional groups attached to an aromatic ring is 1. The third-order valence-electron chi connectivity index (χ3n) is 3.99. The molecule has 2 heterocycles. The number of ketones is 1. The summed E-state index contributed by atoms with van der Waals surface area (Å²) in [7, 11) is 2.55. The second-order valence-corrected chi connectivity index (χ2v) is 5.58. The van der Waals surface area contributed by atoms with Gasteiger partial charge in [0, 0.05) is 19.5 Å². The van der Waals surface area contributed by atoms with Gasteiger partial charge in [0.25, 0.3) is 5.56 Å². The minimum atomic E-state index is -0.850. The summed E-state index contributed by atoms with van der Waals surface area (Å²) in [6, 6.07) is 6.92. The first-order chi connectivity index (χ1) is 12.3. The molecule has 0 saturated heterocycles. The number of hydrogen-bond acceptors (Lipinski definition) is 7. The van der Waals surface area contributed by atoms with E-state index in [-0.39, 0.29) is 11.5 Å². The fourth-order valence-electron chi connectivity index (χ4n) is 2.51. The third kappa shape index (κ3) is 2.66. The lowest BCUT2D eigenvalue weighted by molar-refractivity contribution is 0.0470. The molecule has 10 heteroatoms. The first kappa shape index (κ1) is 17.1. The van der Waals surface area contributed by atoms with E-state index in [0.717, 1.165) is 9.13 Å². The number of ether oxygens (including phenoxy) is 1. The number of para-hydroxylation sites is 1. The SMILES string of the molecule is Cn1c(N)c(C(=O)COC(=O)c2n[nH]c3ccccc23)c(=O)n(C)c1=O. The Morgan fingerprint density at radius 3 is 2.62 bits per heavy atom. The minimum Gasteiger partial charge on any atom is -0.452 e. The molecule has 0 aliphatic rings. The maximum absolute atomic E-state index is 12.3. The molecule has 0 fully saturated rings. The number of anilines is 1. The number of esters is 1. The quantitative estimate of drug-likeness (QED) is 0.477. The highest BCUT2D eigenvalue weighted by atomic mass is 16.5. The smallest absolute Gasteiger partial charge is 0.359 e. The second-order valence-electron chi connectivity index (χ2n) is 5.58. The van der Waals surface area contributed by atoms with Crippen molar-refractivity contribution in [3.63, 3.8) is 0 Å². The van der Waals surface area contributed by atoms with Crippen LogP contribution in [0.4, 0.5) is 5.82 Å². The minimum absolute atomic E-state index is 0.0229. The number of rotatable bonds is 4. The van der Waals surface area contributed by atoms with Crippen molar-refractivity contribution >= 4 is 28.5 Å². The van der Waals surface area contributed by atoms with Crippen LogP contribution in [-0.4, -0.2) is 37.7 Å². The number of benzene rings is 1. The zero-order chi connectivity index (χ0) is 19.0. The molecule has 0 unspecified atom stereocenters. The van der Waals surface area contributed by atoms with Crippen LogP contribution in [0.2, 0.25) is 0 Å². The molecule has 0 radical (unpaired) electrons. The highest BCUT2D eigenvalue weighted by Crippen LogP contribution is 2.16. The van der Waals surface area contributed by atoms with Crippen LogP contribution in [-0.2, 0) is 18.8 Å². The number of Topliss-reactive ketones (excluding diaryl/α,β-unsaturated/α-hetero) is 1. The summed E-state index contributed by atoms with van der Waals surface area (Å²) >= 11 is 0. The molecule has 0 saturated carbocycles. The van der Waals surface area contributed by atoms with Gasteiger partial charge in [-0.1, -0.05) is 18.2 Å². The van der Waals surface area contributed by atoms with Gasteiger partial charge in [0.2, 0.25) is 5.78 Å². The number of hydrogen-bond donors (Lipinski definition) is 2. The molecular formula is C16H15N5O5. The van der Waals surface area contributed by atoms with E-state index in [1.54, 1.807) is 24.3 Å². The molecule has 0 atom stereocenters. The van der Waals surface area contributed by atoms with Crippen molar-refractivity contribution < 1.29 is 14.3 Å². The number of fused-ring (bicyclic) bond motifs is 1. The summed E-state index contributed by atoms with van der Waals surface area (Å²) in [4.78, 5) is 48.4. The number of carbonyl (C=O) groups excluding carboxylic acids is 2. The average molecular weight is 357 g/mol. The first-order valence-corrected chi connectivity index (χ1v) is 7.51.